The Morgan fingerprint density at radius 2 is 2.12 bits per heavy atom. The Labute approximate surface area is 55.9 Å². The predicted octanol–water partition coefficient (Wildman–Crippen LogP) is 2.36. The number of allylic oxidation sites excluding steroid dienone is 2. The summed E-state index contributed by atoms with van der Waals surface area (Å²) >= 11 is 4.69. The molecule has 0 spiro atoms. The highest BCUT2D eigenvalue weighted by molar-refractivity contribution is 7.79. The molecule has 0 amide bonds. The van der Waals surface area contributed by atoms with Gasteiger partial charge >= 0.3 is 0 Å². The van der Waals surface area contributed by atoms with E-state index < -0.39 is 0 Å². The molecule has 0 saturated heterocycles. The lowest BCUT2D eigenvalue weighted by molar-refractivity contribution is 0.916. The standard InChI is InChI=1S/C7H10S/c1-3-5-7(4-2)6-8/h3-4,6-7H,1-2,5H2. The van der Waals surface area contributed by atoms with Crippen LogP contribution in [0.2, 0.25) is 0 Å². The first-order valence-electron chi connectivity index (χ1n) is 2.54. The smallest absolute Gasteiger partial charge is 0.00831 e. The van der Waals surface area contributed by atoms with Crippen molar-refractivity contribution in [3.63, 3.8) is 0 Å². The molecule has 0 bridgehead atoms. The van der Waals surface area contributed by atoms with Crippen molar-refractivity contribution in [2.24, 2.45) is 5.92 Å². The molecule has 0 saturated carbocycles. The van der Waals surface area contributed by atoms with Gasteiger partial charge in [-0.1, -0.05) is 24.4 Å². The van der Waals surface area contributed by atoms with Gasteiger partial charge in [-0.2, -0.15) is 0 Å². The minimum absolute atomic E-state index is 0.336. The van der Waals surface area contributed by atoms with Crippen molar-refractivity contribution < 1.29 is 0 Å². The normalized spacial score (nSPS) is 12.0. The van der Waals surface area contributed by atoms with E-state index in [0.29, 0.717) is 5.92 Å². The first-order valence-corrected chi connectivity index (χ1v) is 3.01. The minimum atomic E-state index is 0.336. The van der Waals surface area contributed by atoms with Gasteiger partial charge in [-0.15, -0.1) is 13.2 Å². The van der Waals surface area contributed by atoms with Gasteiger partial charge in [0.05, 0.1) is 0 Å². The number of rotatable bonds is 4. The summed E-state index contributed by atoms with van der Waals surface area (Å²) in [5.74, 6) is 0.336. The number of hydrogen-bond donors (Lipinski definition) is 0. The summed E-state index contributed by atoms with van der Waals surface area (Å²) in [6, 6.07) is 0. The van der Waals surface area contributed by atoms with E-state index >= 15 is 0 Å². The second kappa shape index (κ2) is 4.72. The second-order valence-electron chi connectivity index (χ2n) is 1.56. The molecule has 0 aliphatic rings. The zero-order valence-electron chi connectivity index (χ0n) is 4.84. The third kappa shape index (κ3) is 2.69. The van der Waals surface area contributed by atoms with Crippen molar-refractivity contribution in [3.05, 3.63) is 25.3 Å². The lowest BCUT2D eigenvalue weighted by Crippen LogP contribution is -1.91. The van der Waals surface area contributed by atoms with Crippen LogP contribution in [-0.4, -0.2) is 5.37 Å². The van der Waals surface area contributed by atoms with E-state index in [1.807, 2.05) is 12.2 Å². The van der Waals surface area contributed by atoms with Gasteiger partial charge in [0.2, 0.25) is 0 Å². The van der Waals surface area contributed by atoms with Crippen LogP contribution in [0.1, 0.15) is 6.42 Å². The second-order valence-corrected chi connectivity index (χ2v) is 1.83. The maximum Gasteiger partial charge on any atom is 0.00831 e. The largest absolute Gasteiger partial charge is 0.103 e. The molecule has 0 fully saturated rings. The summed E-state index contributed by atoms with van der Waals surface area (Å²) in [5, 5.41) is 1.70. The third-order valence-corrected chi connectivity index (χ3v) is 1.27. The van der Waals surface area contributed by atoms with Gasteiger partial charge in [0.15, 0.2) is 0 Å². The number of hydrogen-bond acceptors (Lipinski definition) is 1. The Morgan fingerprint density at radius 1 is 1.50 bits per heavy atom. The highest BCUT2D eigenvalue weighted by Crippen LogP contribution is 2.00. The van der Waals surface area contributed by atoms with Crippen molar-refractivity contribution in [1.82, 2.24) is 0 Å². The van der Waals surface area contributed by atoms with Gasteiger partial charge in [-0.25, -0.2) is 0 Å². The summed E-state index contributed by atoms with van der Waals surface area (Å²) < 4.78 is 0. The van der Waals surface area contributed by atoms with Crippen molar-refractivity contribution in [2.45, 2.75) is 6.42 Å². The molecule has 0 aromatic rings. The van der Waals surface area contributed by atoms with Crippen LogP contribution in [0.4, 0.5) is 0 Å². The molecule has 0 heterocycles. The molecule has 1 atom stereocenters. The molecule has 0 rings (SSSR count). The van der Waals surface area contributed by atoms with Gasteiger partial charge < -0.3 is 0 Å². The van der Waals surface area contributed by atoms with Crippen LogP contribution >= 0.6 is 12.2 Å². The zero-order valence-corrected chi connectivity index (χ0v) is 5.66. The quantitative estimate of drug-likeness (QED) is 0.411. The molecule has 0 aromatic carbocycles. The SMILES string of the molecule is C=CCC(C=C)C=S. The van der Waals surface area contributed by atoms with Gasteiger partial charge in [-0.05, 0) is 11.8 Å². The van der Waals surface area contributed by atoms with E-state index in [0.717, 1.165) is 6.42 Å². The van der Waals surface area contributed by atoms with Crippen LogP contribution in [0.25, 0.3) is 0 Å². The monoisotopic (exact) mass is 126 g/mol. The van der Waals surface area contributed by atoms with Gasteiger partial charge in [0.1, 0.15) is 0 Å². The molecule has 1 unspecified atom stereocenters. The molecular formula is C7H10S. The van der Waals surface area contributed by atoms with Crippen LogP contribution in [-0.2, 0) is 0 Å². The Morgan fingerprint density at radius 3 is 2.25 bits per heavy atom. The van der Waals surface area contributed by atoms with E-state index in [4.69, 9.17) is 12.2 Å². The lowest BCUT2D eigenvalue weighted by atomic mass is 10.1. The summed E-state index contributed by atoms with van der Waals surface area (Å²) in [4.78, 5) is 0. The predicted molar refractivity (Wildman–Crippen MR) is 42.2 cm³/mol. The summed E-state index contributed by atoms with van der Waals surface area (Å²) in [6.45, 7) is 7.19. The summed E-state index contributed by atoms with van der Waals surface area (Å²) in [7, 11) is 0. The highest BCUT2D eigenvalue weighted by Gasteiger charge is 1.91. The van der Waals surface area contributed by atoms with Crippen LogP contribution in [0, 0.1) is 5.92 Å². The average molecular weight is 126 g/mol. The van der Waals surface area contributed by atoms with Crippen LogP contribution in [0.15, 0.2) is 25.3 Å². The molecule has 1 heteroatoms. The third-order valence-electron chi connectivity index (χ3n) is 0.916. The Balaban J connectivity index is 3.50. The van der Waals surface area contributed by atoms with E-state index in [-0.39, 0.29) is 0 Å². The lowest BCUT2D eigenvalue weighted by Gasteiger charge is -1.96. The summed E-state index contributed by atoms with van der Waals surface area (Å²) in [5.41, 5.74) is 0. The average Bonchev–Trinajstić information content (AvgIpc) is 1.83. The van der Waals surface area contributed by atoms with E-state index in [2.05, 4.69) is 13.2 Å². The van der Waals surface area contributed by atoms with Crippen LogP contribution < -0.4 is 0 Å². The fraction of sp³-hybridized carbons (Fsp3) is 0.286. The Bertz CT molecular complexity index is 86.6. The maximum absolute atomic E-state index is 4.69. The highest BCUT2D eigenvalue weighted by atomic mass is 32.1. The molecule has 0 nitrogen and oxygen atoms in total. The van der Waals surface area contributed by atoms with Gasteiger partial charge in [-0.3, -0.25) is 0 Å². The number of thiocarbonyl (C=S) groups is 1. The Hall–Kier alpha value is -0.430. The van der Waals surface area contributed by atoms with Crippen molar-refractivity contribution in [1.29, 1.82) is 0 Å². The summed E-state index contributed by atoms with van der Waals surface area (Å²) in [6.07, 6.45) is 4.58. The first-order chi connectivity index (χ1) is 3.85. The van der Waals surface area contributed by atoms with E-state index in [9.17, 15) is 0 Å². The molecule has 0 radical (unpaired) electrons. The fourth-order valence-corrected chi connectivity index (χ4v) is 0.622. The molecule has 0 aliphatic carbocycles. The van der Waals surface area contributed by atoms with Crippen LogP contribution in [0.3, 0.4) is 0 Å². The van der Waals surface area contributed by atoms with E-state index in [1.54, 1.807) is 5.37 Å². The molecule has 0 aromatic heterocycles. The van der Waals surface area contributed by atoms with Crippen LogP contribution in [0.5, 0.6) is 0 Å². The van der Waals surface area contributed by atoms with Crippen molar-refractivity contribution >= 4 is 17.6 Å². The van der Waals surface area contributed by atoms with E-state index in [1.165, 1.54) is 0 Å². The molecule has 44 valence electrons. The molecule has 0 N–H and O–H groups in total. The van der Waals surface area contributed by atoms with Gasteiger partial charge in [0, 0.05) is 5.92 Å². The fourth-order valence-electron chi connectivity index (χ4n) is 0.400. The van der Waals surface area contributed by atoms with Gasteiger partial charge in [0.25, 0.3) is 0 Å². The maximum atomic E-state index is 4.69. The Kier molecular flexibility index (Phi) is 4.47. The topological polar surface area (TPSA) is 0 Å². The van der Waals surface area contributed by atoms with Crippen molar-refractivity contribution in [3.8, 4) is 0 Å². The molecular weight excluding hydrogens is 116 g/mol. The zero-order chi connectivity index (χ0) is 6.41. The first kappa shape index (κ1) is 7.57. The molecule has 0 aliphatic heterocycles. The molecule has 8 heavy (non-hydrogen) atoms. The van der Waals surface area contributed by atoms with Crippen molar-refractivity contribution in [2.75, 3.05) is 0 Å². The minimum Gasteiger partial charge on any atom is -0.103 e.